The van der Waals surface area contributed by atoms with Crippen LogP contribution in [0, 0.1) is 6.92 Å². The van der Waals surface area contributed by atoms with E-state index in [1.807, 2.05) is 0 Å². The molecular weight excluding hydrogens is 396 g/mol. The highest BCUT2D eigenvalue weighted by Crippen LogP contribution is 2.20. The van der Waals surface area contributed by atoms with Crippen LogP contribution in [-0.2, 0) is 4.79 Å². The van der Waals surface area contributed by atoms with Crippen LogP contribution in [0.2, 0.25) is 0 Å². The number of carbonyl (C=O) groups excluding carboxylic acids is 2. The van der Waals surface area contributed by atoms with Crippen molar-refractivity contribution in [3.63, 3.8) is 0 Å². The summed E-state index contributed by atoms with van der Waals surface area (Å²) >= 11 is 0. The lowest BCUT2D eigenvalue weighted by molar-refractivity contribution is -0.113. The standard InChI is InChI=1S/C23H18N4O4/c1-15-24-21(27-31-15)17-9-5-10-18(13-17)25-23(29)20(14-19-11-6-12-30-19)26-22(28)16-7-3-2-4-8-16/h2-14H,1H3,(H,25,29)(H,26,28)/b20-14-. The van der Waals surface area contributed by atoms with E-state index in [1.54, 1.807) is 73.7 Å². The van der Waals surface area contributed by atoms with Gasteiger partial charge in [-0.2, -0.15) is 4.98 Å². The number of rotatable bonds is 6. The zero-order chi connectivity index (χ0) is 21.6. The van der Waals surface area contributed by atoms with Crippen LogP contribution in [0.4, 0.5) is 5.69 Å². The first-order valence-electron chi connectivity index (χ1n) is 9.42. The van der Waals surface area contributed by atoms with Crippen LogP contribution in [0.3, 0.4) is 0 Å². The maximum Gasteiger partial charge on any atom is 0.272 e. The molecule has 0 saturated carbocycles. The third kappa shape index (κ3) is 4.94. The SMILES string of the molecule is Cc1nc(-c2cccc(NC(=O)/C(=C/c3ccco3)NC(=O)c3ccccc3)c2)no1. The summed E-state index contributed by atoms with van der Waals surface area (Å²) in [5, 5.41) is 9.31. The maximum absolute atomic E-state index is 13.0. The monoisotopic (exact) mass is 414 g/mol. The van der Waals surface area contributed by atoms with Crippen LogP contribution < -0.4 is 10.6 Å². The van der Waals surface area contributed by atoms with E-state index >= 15 is 0 Å². The van der Waals surface area contributed by atoms with Gasteiger partial charge in [0.05, 0.1) is 6.26 Å². The minimum Gasteiger partial charge on any atom is -0.465 e. The Labute approximate surface area is 177 Å². The quantitative estimate of drug-likeness (QED) is 0.461. The molecule has 2 heterocycles. The lowest BCUT2D eigenvalue weighted by Crippen LogP contribution is -2.30. The topological polar surface area (TPSA) is 110 Å². The van der Waals surface area contributed by atoms with Gasteiger partial charge in [0.25, 0.3) is 11.8 Å². The van der Waals surface area contributed by atoms with E-state index in [0.29, 0.717) is 34.3 Å². The Morgan fingerprint density at radius 3 is 2.55 bits per heavy atom. The second-order valence-electron chi connectivity index (χ2n) is 6.57. The van der Waals surface area contributed by atoms with Gasteiger partial charge in [0.1, 0.15) is 11.5 Å². The van der Waals surface area contributed by atoms with E-state index in [0.717, 1.165) is 0 Å². The molecule has 0 atom stereocenters. The molecular formula is C23H18N4O4. The average Bonchev–Trinajstić information content (AvgIpc) is 3.46. The lowest BCUT2D eigenvalue weighted by atomic mass is 10.2. The highest BCUT2D eigenvalue weighted by molar-refractivity contribution is 6.10. The number of aryl methyl sites for hydroxylation is 1. The molecule has 154 valence electrons. The van der Waals surface area contributed by atoms with Crippen molar-refractivity contribution in [3.8, 4) is 11.4 Å². The molecule has 0 bridgehead atoms. The summed E-state index contributed by atoms with van der Waals surface area (Å²) in [6.07, 6.45) is 2.94. The normalized spacial score (nSPS) is 11.2. The highest BCUT2D eigenvalue weighted by atomic mass is 16.5. The Kier molecular flexibility index (Phi) is 5.70. The van der Waals surface area contributed by atoms with Crippen molar-refractivity contribution in [3.05, 3.63) is 95.9 Å². The van der Waals surface area contributed by atoms with Gasteiger partial charge in [-0.05, 0) is 36.4 Å². The Balaban J connectivity index is 1.57. The number of furan rings is 1. The largest absolute Gasteiger partial charge is 0.465 e. The number of hydrogen-bond donors (Lipinski definition) is 2. The van der Waals surface area contributed by atoms with E-state index in [9.17, 15) is 9.59 Å². The number of anilines is 1. The fourth-order valence-electron chi connectivity index (χ4n) is 2.81. The predicted octanol–water partition coefficient (Wildman–Crippen LogP) is 4.05. The van der Waals surface area contributed by atoms with Gasteiger partial charge in [-0.15, -0.1) is 0 Å². The molecule has 4 rings (SSSR count). The molecule has 8 heteroatoms. The molecule has 0 aliphatic heterocycles. The van der Waals surface area contributed by atoms with Crippen LogP contribution >= 0.6 is 0 Å². The van der Waals surface area contributed by atoms with Crippen molar-refractivity contribution in [2.75, 3.05) is 5.32 Å². The molecule has 2 aromatic carbocycles. The molecule has 0 spiro atoms. The molecule has 2 amide bonds. The molecule has 2 aromatic heterocycles. The van der Waals surface area contributed by atoms with Crippen LogP contribution in [0.1, 0.15) is 22.0 Å². The second kappa shape index (κ2) is 8.91. The van der Waals surface area contributed by atoms with Crippen LogP contribution in [0.15, 0.2) is 87.6 Å². The smallest absolute Gasteiger partial charge is 0.272 e. The molecule has 0 aliphatic rings. The number of benzene rings is 2. The Morgan fingerprint density at radius 1 is 1.00 bits per heavy atom. The van der Waals surface area contributed by atoms with Gasteiger partial charge in [0, 0.05) is 29.8 Å². The maximum atomic E-state index is 13.0. The number of amides is 2. The van der Waals surface area contributed by atoms with Crippen molar-refractivity contribution in [2.24, 2.45) is 0 Å². The number of nitrogens with zero attached hydrogens (tertiary/aromatic N) is 2. The van der Waals surface area contributed by atoms with Crippen LogP contribution in [0.5, 0.6) is 0 Å². The molecule has 4 aromatic rings. The molecule has 0 unspecified atom stereocenters. The summed E-state index contributed by atoms with van der Waals surface area (Å²) in [5.74, 6) is 0.357. The second-order valence-corrected chi connectivity index (χ2v) is 6.57. The van der Waals surface area contributed by atoms with Gasteiger partial charge >= 0.3 is 0 Å². The molecule has 0 saturated heterocycles. The zero-order valence-corrected chi connectivity index (χ0v) is 16.5. The van der Waals surface area contributed by atoms with E-state index in [4.69, 9.17) is 8.94 Å². The summed E-state index contributed by atoms with van der Waals surface area (Å²) in [4.78, 5) is 29.8. The lowest BCUT2D eigenvalue weighted by Gasteiger charge is -2.11. The summed E-state index contributed by atoms with van der Waals surface area (Å²) in [6, 6.07) is 19.0. The number of hydrogen-bond acceptors (Lipinski definition) is 6. The van der Waals surface area contributed by atoms with Gasteiger partial charge in [0.2, 0.25) is 11.7 Å². The average molecular weight is 414 g/mol. The summed E-state index contributed by atoms with van der Waals surface area (Å²) in [6.45, 7) is 1.70. The Morgan fingerprint density at radius 2 is 1.84 bits per heavy atom. The minimum absolute atomic E-state index is 0.0320. The fourth-order valence-corrected chi connectivity index (χ4v) is 2.81. The highest BCUT2D eigenvalue weighted by Gasteiger charge is 2.16. The van der Waals surface area contributed by atoms with Gasteiger partial charge in [-0.25, -0.2) is 0 Å². The molecule has 0 radical (unpaired) electrons. The summed E-state index contributed by atoms with van der Waals surface area (Å²) in [5.41, 5.74) is 1.64. The number of carbonyl (C=O) groups is 2. The van der Waals surface area contributed by atoms with Crippen molar-refractivity contribution < 1.29 is 18.5 Å². The first-order valence-corrected chi connectivity index (χ1v) is 9.42. The van der Waals surface area contributed by atoms with Crippen LogP contribution in [-0.4, -0.2) is 22.0 Å². The fraction of sp³-hybridized carbons (Fsp3) is 0.0435. The number of nitrogens with one attached hydrogen (secondary N) is 2. The molecule has 0 aliphatic carbocycles. The predicted molar refractivity (Wildman–Crippen MR) is 114 cm³/mol. The third-order valence-electron chi connectivity index (χ3n) is 4.26. The third-order valence-corrected chi connectivity index (χ3v) is 4.26. The minimum atomic E-state index is -0.512. The summed E-state index contributed by atoms with van der Waals surface area (Å²) in [7, 11) is 0. The zero-order valence-electron chi connectivity index (χ0n) is 16.5. The first-order chi connectivity index (χ1) is 15.1. The number of aromatic nitrogens is 2. The molecule has 31 heavy (non-hydrogen) atoms. The van der Waals surface area contributed by atoms with Crippen molar-refractivity contribution in [2.45, 2.75) is 6.92 Å². The van der Waals surface area contributed by atoms with Gasteiger partial charge in [-0.3, -0.25) is 9.59 Å². The van der Waals surface area contributed by atoms with E-state index in [-0.39, 0.29) is 5.70 Å². The van der Waals surface area contributed by atoms with Crippen molar-refractivity contribution in [1.29, 1.82) is 0 Å². The Bertz CT molecular complexity index is 1230. The molecule has 2 N–H and O–H groups in total. The van der Waals surface area contributed by atoms with Crippen LogP contribution in [0.25, 0.3) is 17.5 Å². The van der Waals surface area contributed by atoms with Gasteiger partial charge < -0.3 is 19.6 Å². The van der Waals surface area contributed by atoms with E-state index in [1.165, 1.54) is 12.3 Å². The van der Waals surface area contributed by atoms with Crippen molar-refractivity contribution >= 4 is 23.6 Å². The molecule has 0 fully saturated rings. The Hall–Kier alpha value is -4.46. The first kappa shape index (κ1) is 19.8. The molecule has 8 nitrogen and oxygen atoms in total. The van der Waals surface area contributed by atoms with E-state index < -0.39 is 11.8 Å². The van der Waals surface area contributed by atoms with E-state index in [2.05, 4.69) is 20.8 Å². The van der Waals surface area contributed by atoms with Crippen molar-refractivity contribution in [1.82, 2.24) is 15.5 Å². The van der Waals surface area contributed by atoms with Gasteiger partial charge in [-0.1, -0.05) is 35.5 Å². The summed E-state index contributed by atoms with van der Waals surface area (Å²) < 4.78 is 10.3. The van der Waals surface area contributed by atoms with Gasteiger partial charge in [0.15, 0.2) is 0 Å².